The smallest absolute Gasteiger partial charge is 0.142 e. The molecule has 0 aliphatic carbocycles. The molecule has 4 heteroatoms. The highest BCUT2D eigenvalue weighted by atomic mass is 79.9. The van der Waals surface area contributed by atoms with Gasteiger partial charge in [0.1, 0.15) is 5.82 Å². The number of nitrogens with zero attached hydrogens (tertiary/aromatic N) is 3. The Kier molecular flexibility index (Phi) is 4.08. The Balaban J connectivity index is 1.67. The van der Waals surface area contributed by atoms with Gasteiger partial charge in [0.15, 0.2) is 0 Å². The summed E-state index contributed by atoms with van der Waals surface area (Å²) in [4.78, 5) is 9.72. The van der Waals surface area contributed by atoms with Gasteiger partial charge >= 0.3 is 0 Å². The van der Waals surface area contributed by atoms with E-state index >= 15 is 0 Å². The van der Waals surface area contributed by atoms with Gasteiger partial charge in [0.2, 0.25) is 0 Å². The Morgan fingerprint density at radius 2 is 2.00 bits per heavy atom. The first-order chi connectivity index (χ1) is 9.24. The minimum Gasteiger partial charge on any atom is -0.354 e. The first kappa shape index (κ1) is 13.4. The summed E-state index contributed by atoms with van der Waals surface area (Å²) in [7, 11) is 0. The fourth-order valence-corrected chi connectivity index (χ4v) is 3.99. The van der Waals surface area contributed by atoms with Crippen molar-refractivity contribution in [3.63, 3.8) is 0 Å². The zero-order chi connectivity index (χ0) is 13.2. The van der Waals surface area contributed by atoms with Crippen LogP contribution in [0.25, 0.3) is 0 Å². The maximum Gasteiger partial charge on any atom is 0.142 e. The van der Waals surface area contributed by atoms with Crippen LogP contribution in [0.15, 0.2) is 16.7 Å². The quantitative estimate of drug-likeness (QED) is 0.833. The Morgan fingerprint density at radius 1 is 1.21 bits per heavy atom. The number of likely N-dealkylation sites (tertiary alicyclic amines) is 1. The molecule has 2 aliphatic rings. The van der Waals surface area contributed by atoms with Gasteiger partial charge < -0.3 is 4.90 Å². The summed E-state index contributed by atoms with van der Waals surface area (Å²) in [5.41, 5.74) is 1.21. The molecule has 2 saturated heterocycles. The second-order valence-corrected chi connectivity index (χ2v) is 6.66. The van der Waals surface area contributed by atoms with E-state index in [1.54, 1.807) is 0 Å². The van der Waals surface area contributed by atoms with Crippen LogP contribution in [-0.2, 0) is 0 Å². The molecule has 3 nitrogen and oxygen atoms in total. The molecule has 1 aromatic heterocycles. The Hall–Kier alpha value is -0.610. The predicted octanol–water partition coefficient (Wildman–Crippen LogP) is 3.22. The van der Waals surface area contributed by atoms with Gasteiger partial charge in [0.25, 0.3) is 0 Å². The summed E-state index contributed by atoms with van der Waals surface area (Å²) in [5, 5.41) is 0. The molecule has 0 saturated carbocycles. The van der Waals surface area contributed by atoms with Crippen molar-refractivity contribution in [1.82, 2.24) is 9.88 Å². The number of pyridine rings is 1. The number of halogens is 1. The standard InChI is InChI=1S/C15H22BrN3/c1-12-9-14(16)15(17-10-12)19-8-5-13(11-19)18-6-3-2-4-7-18/h9-10,13H,2-8,11H2,1H3. The Bertz CT molecular complexity index is 443. The van der Waals surface area contributed by atoms with Crippen LogP contribution in [0.1, 0.15) is 31.2 Å². The first-order valence-corrected chi connectivity index (χ1v) is 8.14. The summed E-state index contributed by atoms with van der Waals surface area (Å²) in [6.07, 6.45) is 7.42. The van der Waals surface area contributed by atoms with Crippen molar-refractivity contribution in [2.24, 2.45) is 0 Å². The van der Waals surface area contributed by atoms with Gasteiger partial charge in [-0.1, -0.05) is 6.42 Å². The van der Waals surface area contributed by atoms with E-state index < -0.39 is 0 Å². The first-order valence-electron chi connectivity index (χ1n) is 7.35. The number of piperidine rings is 1. The van der Waals surface area contributed by atoms with Crippen molar-refractivity contribution in [2.45, 2.75) is 38.6 Å². The average molecular weight is 324 g/mol. The predicted molar refractivity (Wildman–Crippen MR) is 82.7 cm³/mol. The van der Waals surface area contributed by atoms with Crippen LogP contribution in [-0.4, -0.2) is 42.1 Å². The lowest BCUT2D eigenvalue weighted by Gasteiger charge is -2.32. The number of rotatable bonds is 2. The van der Waals surface area contributed by atoms with Gasteiger partial charge in [0.05, 0.1) is 4.47 Å². The van der Waals surface area contributed by atoms with Crippen molar-refractivity contribution in [1.29, 1.82) is 0 Å². The van der Waals surface area contributed by atoms with Crippen LogP contribution in [0.3, 0.4) is 0 Å². The lowest BCUT2D eigenvalue weighted by Crippen LogP contribution is -2.41. The van der Waals surface area contributed by atoms with Gasteiger partial charge in [-0.3, -0.25) is 4.90 Å². The second-order valence-electron chi connectivity index (χ2n) is 5.80. The van der Waals surface area contributed by atoms with Crippen molar-refractivity contribution in [2.75, 3.05) is 31.1 Å². The summed E-state index contributed by atoms with van der Waals surface area (Å²) >= 11 is 3.66. The normalized spacial score (nSPS) is 24.9. The third kappa shape index (κ3) is 2.95. The summed E-state index contributed by atoms with van der Waals surface area (Å²) in [5.74, 6) is 1.12. The molecule has 0 N–H and O–H groups in total. The SMILES string of the molecule is Cc1cnc(N2CCC(N3CCCCC3)C2)c(Br)c1. The number of aryl methyl sites for hydroxylation is 1. The van der Waals surface area contributed by atoms with E-state index in [2.05, 4.69) is 43.7 Å². The Morgan fingerprint density at radius 3 is 2.74 bits per heavy atom. The van der Waals surface area contributed by atoms with E-state index in [4.69, 9.17) is 0 Å². The molecule has 104 valence electrons. The average Bonchev–Trinajstić information content (AvgIpc) is 2.89. The number of anilines is 1. The molecule has 0 spiro atoms. The van der Waals surface area contributed by atoms with Crippen LogP contribution in [0.2, 0.25) is 0 Å². The molecule has 2 aliphatic heterocycles. The molecule has 1 aromatic rings. The minimum absolute atomic E-state index is 0.732. The molecule has 3 heterocycles. The van der Waals surface area contributed by atoms with Crippen molar-refractivity contribution < 1.29 is 0 Å². The number of hydrogen-bond donors (Lipinski definition) is 0. The van der Waals surface area contributed by atoms with Gasteiger partial charge in [-0.15, -0.1) is 0 Å². The molecule has 3 rings (SSSR count). The van der Waals surface area contributed by atoms with E-state index in [9.17, 15) is 0 Å². The van der Waals surface area contributed by atoms with Crippen molar-refractivity contribution >= 4 is 21.7 Å². The summed E-state index contributed by atoms with van der Waals surface area (Å²) in [6.45, 7) is 6.94. The van der Waals surface area contributed by atoms with Crippen LogP contribution < -0.4 is 4.90 Å². The molecule has 0 aromatic carbocycles. The molecular weight excluding hydrogens is 302 g/mol. The Labute approximate surface area is 124 Å². The van der Waals surface area contributed by atoms with Gasteiger partial charge in [-0.2, -0.15) is 0 Å². The fraction of sp³-hybridized carbons (Fsp3) is 0.667. The molecule has 0 bridgehead atoms. The maximum absolute atomic E-state index is 4.60. The summed E-state index contributed by atoms with van der Waals surface area (Å²) in [6, 6.07) is 2.90. The summed E-state index contributed by atoms with van der Waals surface area (Å²) < 4.78 is 1.13. The van der Waals surface area contributed by atoms with E-state index in [0.29, 0.717) is 0 Å². The topological polar surface area (TPSA) is 19.4 Å². The number of hydrogen-bond acceptors (Lipinski definition) is 3. The largest absolute Gasteiger partial charge is 0.354 e. The zero-order valence-corrected chi connectivity index (χ0v) is 13.2. The van der Waals surface area contributed by atoms with Crippen molar-refractivity contribution in [3.05, 3.63) is 22.3 Å². The van der Waals surface area contributed by atoms with E-state index in [1.165, 1.54) is 44.3 Å². The highest BCUT2D eigenvalue weighted by Crippen LogP contribution is 2.29. The van der Waals surface area contributed by atoms with E-state index in [-0.39, 0.29) is 0 Å². The molecule has 1 unspecified atom stereocenters. The maximum atomic E-state index is 4.60. The van der Waals surface area contributed by atoms with Crippen LogP contribution in [0.5, 0.6) is 0 Å². The highest BCUT2D eigenvalue weighted by Gasteiger charge is 2.29. The number of aromatic nitrogens is 1. The zero-order valence-electron chi connectivity index (χ0n) is 11.6. The third-order valence-electron chi connectivity index (χ3n) is 4.33. The lowest BCUT2D eigenvalue weighted by molar-refractivity contribution is 0.175. The molecule has 2 fully saturated rings. The molecule has 0 radical (unpaired) electrons. The molecule has 19 heavy (non-hydrogen) atoms. The second kappa shape index (κ2) is 5.80. The van der Waals surface area contributed by atoms with E-state index in [1.807, 2.05) is 6.20 Å². The minimum atomic E-state index is 0.732. The van der Waals surface area contributed by atoms with Gasteiger partial charge in [-0.25, -0.2) is 4.98 Å². The monoisotopic (exact) mass is 323 g/mol. The van der Waals surface area contributed by atoms with Crippen LogP contribution in [0.4, 0.5) is 5.82 Å². The van der Waals surface area contributed by atoms with E-state index in [0.717, 1.165) is 29.4 Å². The molecular formula is C15H22BrN3. The molecule has 1 atom stereocenters. The van der Waals surface area contributed by atoms with Crippen LogP contribution >= 0.6 is 15.9 Å². The third-order valence-corrected chi connectivity index (χ3v) is 4.91. The van der Waals surface area contributed by atoms with Gasteiger partial charge in [0, 0.05) is 25.3 Å². The molecule has 0 amide bonds. The lowest BCUT2D eigenvalue weighted by atomic mass is 10.1. The van der Waals surface area contributed by atoms with Crippen LogP contribution in [0, 0.1) is 6.92 Å². The van der Waals surface area contributed by atoms with Gasteiger partial charge in [-0.05, 0) is 66.8 Å². The fourth-order valence-electron chi connectivity index (χ4n) is 3.27. The highest BCUT2D eigenvalue weighted by molar-refractivity contribution is 9.10. The van der Waals surface area contributed by atoms with Crippen molar-refractivity contribution in [3.8, 4) is 0 Å².